The normalized spacial score (nSPS) is 10.2. The minimum absolute atomic E-state index is 0.0124. The van der Waals surface area contributed by atoms with Crippen molar-refractivity contribution in [1.82, 2.24) is 4.98 Å². The van der Waals surface area contributed by atoms with Crippen molar-refractivity contribution in [1.29, 1.82) is 0 Å². The summed E-state index contributed by atoms with van der Waals surface area (Å²) in [5.41, 5.74) is 2.78. The second-order valence-electron chi connectivity index (χ2n) is 4.87. The highest BCUT2D eigenvalue weighted by Gasteiger charge is 2.06. The molecule has 0 aliphatic heterocycles. The minimum atomic E-state index is -0.191. The van der Waals surface area contributed by atoms with Crippen LogP contribution in [0, 0.1) is 6.92 Å². The Hall–Kier alpha value is -2.36. The largest absolute Gasteiger partial charge is 0.484 e. The first-order valence-electron chi connectivity index (χ1n) is 7.12. The van der Waals surface area contributed by atoms with E-state index < -0.39 is 0 Å². The van der Waals surface area contributed by atoms with Crippen molar-refractivity contribution in [2.24, 2.45) is 0 Å². The smallest absolute Gasteiger partial charge is 0.262 e. The summed E-state index contributed by atoms with van der Waals surface area (Å²) in [6.45, 7) is 3.99. The highest BCUT2D eigenvalue weighted by molar-refractivity contribution is 5.92. The number of amides is 1. The molecule has 2 rings (SSSR count). The Kier molecular flexibility index (Phi) is 5.32. The van der Waals surface area contributed by atoms with Crippen molar-refractivity contribution in [3.05, 3.63) is 53.9 Å². The molecular formula is C17H20N2O2. The van der Waals surface area contributed by atoms with Crippen molar-refractivity contribution in [3.8, 4) is 5.75 Å². The van der Waals surface area contributed by atoms with E-state index in [9.17, 15) is 4.79 Å². The van der Waals surface area contributed by atoms with E-state index in [0.29, 0.717) is 11.4 Å². The van der Waals surface area contributed by atoms with Crippen molar-refractivity contribution in [3.63, 3.8) is 0 Å². The number of ether oxygens (including phenoxy) is 1. The van der Waals surface area contributed by atoms with Gasteiger partial charge in [-0.25, -0.2) is 0 Å². The lowest BCUT2D eigenvalue weighted by molar-refractivity contribution is -0.118. The van der Waals surface area contributed by atoms with E-state index >= 15 is 0 Å². The van der Waals surface area contributed by atoms with Gasteiger partial charge in [-0.3, -0.25) is 9.78 Å². The molecule has 0 spiro atoms. The molecule has 1 amide bonds. The van der Waals surface area contributed by atoms with Crippen molar-refractivity contribution < 1.29 is 9.53 Å². The standard InChI is InChI=1S/C17H20N2O2/c1-3-5-14-7-9-15(10-8-14)21-12-17(20)19-16-6-4-11-18-13(16)2/h4,6-11H,3,5,12H2,1-2H3,(H,19,20). The van der Waals surface area contributed by atoms with Gasteiger partial charge in [-0.2, -0.15) is 0 Å². The SMILES string of the molecule is CCCc1ccc(OCC(=O)Nc2cccnc2C)cc1. The molecule has 0 saturated heterocycles. The van der Waals surface area contributed by atoms with Gasteiger partial charge in [0.15, 0.2) is 6.61 Å². The van der Waals surface area contributed by atoms with Crippen LogP contribution in [0.4, 0.5) is 5.69 Å². The predicted molar refractivity (Wildman–Crippen MR) is 83.5 cm³/mol. The van der Waals surface area contributed by atoms with E-state index in [1.165, 1.54) is 5.56 Å². The second-order valence-corrected chi connectivity index (χ2v) is 4.87. The summed E-state index contributed by atoms with van der Waals surface area (Å²) in [7, 11) is 0. The first kappa shape index (κ1) is 15.0. The van der Waals surface area contributed by atoms with Crippen LogP contribution >= 0.6 is 0 Å². The van der Waals surface area contributed by atoms with Gasteiger partial charge in [-0.05, 0) is 43.2 Å². The molecule has 0 fully saturated rings. The molecule has 0 saturated carbocycles. The van der Waals surface area contributed by atoms with Gasteiger partial charge in [-0.1, -0.05) is 25.5 Å². The molecule has 4 nitrogen and oxygen atoms in total. The molecule has 1 aromatic heterocycles. The number of hydrogen-bond acceptors (Lipinski definition) is 3. The number of benzene rings is 1. The third-order valence-corrected chi connectivity index (χ3v) is 3.11. The fourth-order valence-electron chi connectivity index (χ4n) is 1.99. The van der Waals surface area contributed by atoms with E-state index in [1.54, 1.807) is 12.3 Å². The summed E-state index contributed by atoms with van der Waals surface area (Å²) in [4.78, 5) is 16.0. The number of carbonyl (C=O) groups excluding carboxylic acids is 1. The molecule has 1 N–H and O–H groups in total. The molecule has 21 heavy (non-hydrogen) atoms. The van der Waals surface area contributed by atoms with Crippen molar-refractivity contribution in [2.75, 3.05) is 11.9 Å². The van der Waals surface area contributed by atoms with Gasteiger partial charge >= 0.3 is 0 Å². The second kappa shape index (κ2) is 7.43. The predicted octanol–water partition coefficient (Wildman–Crippen LogP) is 3.36. The number of hydrogen-bond donors (Lipinski definition) is 1. The van der Waals surface area contributed by atoms with E-state index in [1.807, 2.05) is 37.3 Å². The van der Waals surface area contributed by atoms with E-state index in [2.05, 4.69) is 17.2 Å². The van der Waals surface area contributed by atoms with Gasteiger partial charge in [0.25, 0.3) is 5.91 Å². The van der Waals surface area contributed by atoms with Crippen LogP contribution in [-0.4, -0.2) is 17.5 Å². The first-order chi connectivity index (χ1) is 10.2. The van der Waals surface area contributed by atoms with E-state index in [4.69, 9.17) is 4.74 Å². The highest BCUT2D eigenvalue weighted by Crippen LogP contribution is 2.14. The van der Waals surface area contributed by atoms with Crippen LogP contribution in [0.2, 0.25) is 0 Å². The molecule has 2 aromatic rings. The zero-order valence-corrected chi connectivity index (χ0v) is 12.4. The highest BCUT2D eigenvalue weighted by atomic mass is 16.5. The number of pyridine rings is 1. The number of carbonyl (C=O) groups is 1. The summed E-state index contributed by atoms with van der Waals surface area (Å²) in [5, 5.41) is 2.79. The molecule has 1 aromatic carbocycles. The topological polar surface area (TPSA) is 51.2 Å². The van der Waals surface area contributed by atoms with E-state index in [-0.39, 0.29) is 12.5 Å². The average Bonchev–Trinajstić information content (AvgIpc) is 2.49. The molecule has 0 aliphatic rings. The summed E-state index contributed by atoms with van der Waals surface area (Å²) in [5.74, 6) is 0.511. The van der Waals surface area contributed by atoms with Gasteiger partial charge in [0, 0.05) is 6.20 Å². The number of aromatic nitrogens is 1. The number of aryl methyl sites for hydroxylation is 2. The Bertz CT molecular complexity index is 594. The van der Waals surface area contributed by atoms with Crippen LogP contribution in [0.3, 0.4) is 0 Å². The fraction of sp³-hybridized carbons (Fsp3) is 0.294. The Balaban J connectivity index is 1.85. The lowest BCUT2D eigenvalue weighted by Gasteiger charge is -2.09. The van der Waals surface area contributed by atoms with Gasteiger partial charge in [-0.15, -0.1) is 0 Å². The summed E-state index contributed by atoms with van der Waals surface area (Å²) in [6, 6.07) is 11.5. The van der Waals surface area contributed by atoms with Crippen LogP contribution in [0.5, 0.6) is 5.75 Å². The Morgan fingerprint density at radius 1 is 1.24 bits per heavy atom. The van der Waals surface area contributed by atoms with Crippen LogP contribution in [-0.2, 0) is 11.2 Å². The molecule has 0 bridgehead atoms. The number of nitrogens with zero attached hydrogens (tertiary/aromatic N) is 1. The van der Waals surface area contributed by atoms with Gasteiger partial charge in [0.05, 0.1) is 11.4 Å². The van der Waals surface area contributed by atoms with Gasteiger partial charge in [0.1, 0.15) is 5.75 Å². The van der Waals surface area contributed by atoms with Gasteiger partial charge in [0.2, 0.25) is 0 Å². The molecule has 110 valence electrons. The zero-order chi connectivity index (χ0) is 15.1. The number of nitrogens with one attached hydrogen (secondary N) is 1. The maximum Gasteiger partial charge on any atom is 0.262 e. The van der Waals surface area contributed by atoms with Crippen LogP contribution < -0.4 is 10.1 Å². The summed E-state index contributed by atoms with van der Waals surface area (Å²) < 4.78 is 5.48. The fourth-order valence-corrected chi connectivity index (χ4v) is 1.99. The Morgan fingerprint density at radius 2 is 2.00 bits per heavy atom. The maximum absolute atomic E-state index is 11.8. The Morgan fingerprint density at radius 3 is 2.67 bits per heavy atom. The minimum Gasteiger partial charge on any atom is -0.484 e. The van der Waals surface area contributed by atoms with Crippen molar-refractivity contribution >= 4 is 11.6 Å². The number of anilines is 1. The first-order valence-corrected chi connectivity index (χ1v) is 7.12. The molecule has 0 atom stereocenters. The lowest BCUT2D eigenvalue weighted by Crippen LogP contribution is -2.20. The quantitative estimate of drug-likeness (QED) is 0.885. The molecule has 0 unspecified atom stereocenters. The molecule has 4 heteroatoms. The average molecular weight is 284 g/mol. The summed E-state index contributed by atoms with van der Waals surface area (Å²) >= 11 is 0. The zero-order valence-electron chi connectivity index (χ0n) is 12.4. The number of rotatable bonds is 6. The van der Waals surface area contributed by atoms with Gasteiger partial charge < -0.3 is 10.1 Å². The molecule has 0 aliphatic carbocycles. The van der Waals surface area contributed by atoms with Crippen LogP contribution in [0.15, 0.2) is 42.6 Å². The lowest BCUT2D eigenvalue weighted by atomic mass is 10.1. The summed E-state index contributed by atoms with van der Waals surface area (Å²) in [6.07, 6.45) is 3.87. The Labute approximate surface area is 125 Å². The third-order valence-electron chi connectivity index (χ3n) is 3.11. The van der Waals surface area contributed by atoms with E-state index in [0.717, 1.165) is 18.5 Å². The van der Waals surface area contributed by atoms with Crippen molar-refractivity contribution in [2.45, 2.75) is 26.7 Å². The third kappa shape index (κ3) is 4.60. The monoisotopic (exact) mass is 284 g/mol. The molecule has 0 radical (unpaired) electrons. The maximum atomic E-state index is 11.8. The van der Waals surface area contributed by atoms with Crippen LogP contribution in [0.1, 0.15) is 24.6 Å². The molecule has 1 heterocycles. The van der Waals surface area contributed by atoms with Crippen LogP contribution in [0.25, 0.3) is 0 Å². The molecular weight excluding hydrogens is 264 g/mol.